The zero-order valence-electron chi connectivity index (χ0n) is 19.0. The van der Waals surface area contributed by atoms with Crippen LogP contribution in [0.1, 0.15) is 28.5 Å². The summed E-state index contributed by atoms with van der Waals surface area (Å²) in [7, 11) is -0.886. The first kappa shape index (κ1) is 23.7. The number of carbonyl (C=O) groups excluding carboxylic acids is 3. The second-order valence-corrected chi connectivity index (χ2v) is 9.80. The molecule has 0 bridgehead atoms. The Morgan fingerprint density at radius 3 is 2.38 bits per heavy atom. The first-order valence-electron chi connectivity index (χ1n) is 11.2. The molecular weight excluding hydrogens is 454 g/mol. The summed E-state index contributed by atoms with van der Waals surface area (Å²) in [5.74, 6) is -0.773. The van der Waals surface area contributed by atoms with E-state index in [1.807, 2.05) is 47.9 Å². The van der Waals surface area contributed by atoms with Crippen LogP contribution in [0, 0.1) is 0 Å². The molecule has 178 valence electrons. The van der Waals surface area contributed by atoms with Crippen molar-refractivity contribution in [1.82, 2.24) is 9.47 Å². The minimum absolute atomic E-state index is 0.212. The van der Waals surface area contributed by atoms with Gasteiger partial charge in [0, 0.05) is 47.6 Å². The Hall–Kier alpha value is -3.46. The summed E-state index contributed by atoms with van der Waals surface area (Å²) >= 11 is 0. The fourth-order valence-electron chi connectivity index (χ4n) is 4.34. The minimum atomic E-state index is -1.04. The molecule has 8 nitrogen and oxygen atoms in total. The average Bonchev–Trinajstić information content (AvgIpc) is 3.16. The Morgan fingerprint density at radius 2 is 1.74 bits per heavy atom. The zero-order valence-corrected chi connectivity index (χ0v) is 19.8. The van der Waals surface area contributed by atoms with Gasteiger partial charge in [-0.05, 0) is 24.1 Å². The van der Waals surface area contributed by atoms with Gasteiger partial charge in [0.15, 0.2) is 6.61 Å². The van der Waals surface area contributed by atoms with Crippen LogP contribution in [0.25, 0.3) is 10.9 Å². The van der Waals surface area contributed by atoms with E-state index in [1.165, 1.54) is 0 Å². The third kappa shape index (κ3) is 4.75. The van der Waals surface area contributed by atoms with E-state index >= 15 is 0 Å². The van der Waals surface area contributed by atoms with E-state index in [1.54, 1.807) is 17.0 Å². The molecule has 2 aromatic carbocycles. The lowest BCUT2D eigenvalue weighted by atomic mass is 10.0. The number of nitrogens with zero attached hydrogens (tertiary/aromatic N) is 2. The van der Waals surface area contributed by atoms with E-state index in [4.69, 9.17) is 10.5 Å². The summed E-state index contributed by atoms with van der Waals surface area (Å²) in [6.07, 6.45) is 0.499. The van der Waals surface area contributed by atoms with Gasteiger partial charge in [-0.2, -0.15) is 0 Å². The Labute approximate surface area is 200 Å². The molecule has 2 heterocycles. The number of fused-ring (bicyclic) bond motifs is 1. The van der Waals surface area contributed by atoms with Gasteiger partial charge in [-0.3, -0.25) is 18.6 Å². The molecular formula is C25H27N3O5S. The second-order valence-electron chi connectivity index (χ2n) is 8.11. The molecule has 2 N–H and O–H groups in total. The van der Waals surface area contributed by atoms with Crippen LogP contribution in [-0.4, -0.2) is 62.5 Å². The van der Waals surface area contributed by atoms with Crippen molar-refractivity contribution in [2.45, 2.75) is 19.9 Å². The molecule has 0 spiro atoms. The molecule has 0 saturated carbocycles. The molecule has 3 aromatic rings. The Bertz CT molecular complexity index is 1260. The number of hydrogen-bond donors (Lipinski definition) is 1. The van der Waals surface area contributed by atoms with Crippen LogP contribution < -0.4 is 10.5 Å². The van der Waals surface area contributed by atoms with Gasteiger partial charge in [0.1, 0.15) is 5.75 Å². The third-order valence-electron chi connectivity index (χ3n) is 6.01. The molecule has 0 unspecified atom stereocenters. The quantitative estimate of drug-likeness (QED) is 0.390. The highest BCUT2D eigenvalue weighted by Crippen LogP contribution is 2.35. The first-order valence-corrected chi connectivity index (χ1v) is 12.7. The standard InChI is InChI=1S/C25H27N3O5S/c1-2-18-23(24(30)25(26)31)22-19(28(18)15-17-7-4-3-5-8-17)9-6-10-20(22)33-16-21(29)27-11-13-34(32)14-12-27/h3-10H,2,11-16H2,1H3,(H2,26,31). The maximum atomic E-state index is 12.9. The number of primary amides is 1. The average molecular weight is 482 g/mol. The van der Waals surface area contributed by atoms with Gasteiger partial charge in [-0.25, -0.2) is 0 Å². The number of nitrogens with two attached hydrogens (primary N) is 1. The number of carbonyl (C=O) groups is 3. The lowest BCUT2D eigenvalue weighted by Crippen LogP contribution is -2.43. The molecule has 4 rings (SSSR count). The number of aromatic nitrogens is 1. The number of ketones is 1. The van der Waals surface area contributed by atoms with Crippen LogP contribution in [0.3, 0.4) is 0 Å². The van der Waals surface area contributed by atoms with E-state index in [-0.39, 0.29) is 18.1 Å². The van der Waals surface area contributed by atoms with E-state index in [0.717, 1.165) is 11.1 Å². The van der Waals surface area contributed by atoms with Crippen LogP contribution in [0.2, 0.25) is 0 Å². The largest absolute Gasteiger partial charge is 0.483 e. The Kier molecular flexibility index (Phi) is 7.12. The van der Waals surface area contributed by atoms with Crippen LogP contribution in [0.15, 0.2) is 48.5 Å². The summed E-state index contributed by atoms with van der Waals surface area (Å²) in [5.41, 5.74) is 8.07. The van der Waals surface area contributed by atoms with Gasteiger partial charge in [0.25, 0.3) is 17.6 Å². The molecule has 1 aliphatic rings. The topological polar surface area (TPSA) is 112 Å². The fraction of sp³-hybridized carbons (Fsp3) is 0.320. The van der Waals surface area contributed by atoms with Crippen LogP contribution in [-0.2, 0) is 33.4 Å². The monoisotopic (exact) mass is 481 g/mol. The second kappa shape index (κ2) is 10.2. The SMILES string of the molecule is CCc1c(C(=O)C(N)=O)c2c(OCC(=O)N3CCS(=O)CC3)cccc2n1Cc1ccccc1. The summed E-state index contributed by atoms with van der Waals surface area (Å²) in [6.45, 7) is 3.05. The maximum absolute atomic E-state index is 12.9. The van der Waals surface area contributed by atoms with E-state index < -0.39 is 22.5 Å². The van der Waals surface area contributed by atoms with Crippen molar-refractivity contribution in [2.24, 2.45) is 5.73 Å². The van der Waals surface area contributed by atoms with Gasteiger partial charge in [-0.15, -0.1) is 0 Å². The maximum Gasteiger partial charge on any atom is 0.289 e. The van der Waals surface area contributed by atoms with Crippen molar-refractivity contribution < 1.29 is 23.3 Å². The van der Waals surface area contributed by atoms with E-state index in [9.17, 15) is 18.6 Å². The molecule has 1 aromatic heterocycles. The van der Waals surface area contributed by atoms with E-state index in [2.05, 4.69) is 0 Å². The van der Waals surface area contributed by atoms with Gasteiger partial charge < -0.3 is 19.9 Å². The number of hydrogen-bond acceptors (Lipinski definition) is 5. The fourth-order valence-corrected chi connectivity index (χ4v) is 5.39. The van der Waals surface area contributed by atoms with Gasteiger partial charge in [-0.1, -0.05) is 43.3 Å². The zero-order chi connectivity index (χ0) is 24.2. The Morgan fingerprint density at radius 1 is 1.03 bits per heavy atom. The minimum Gasteiger partial charge on any atom is -0.483 e. The summed E-state index contributed by atoms with van der Waals surface area (Å²) < 4.78 is 19.5. The molecule has 9 heteroatoms. The van der Waals surface area contributed by atoms with Crippen molar-refractivity contribution in [2.75, 3.05) is 31.2 Å². The molecule has 1 aliphatic heterocycles. The normalized spacial score (nSPS) is 14.3. The molecule has 0 aliphatic carbocycles. The van der Waals surface area contributed by atoms with E-state index in [0.29, 0.717) is 54.4 Å². The third-order valence-corrected chi connectivity index (χ3v) is 7.29. The Balaban J connectivity index is 1.74. The summed E-state index contributed by atoms with van der Waals surface area (Å²) in [5, 5.41) is 0.478. The lowest BCUT2D eigenvalue weighted by Gasteiger charge is -2.26. The predicted molar refractivity (Wildman–Crippen MR) is 130 cm³/mol. The van der Waals surface area contributed by atoms with Crippen molar-refractivity contribution in [3.05, 3.63) is 65.4 Å². The highest BCUT2D eigenvalue weighted by Gasteiger charge is 2.28. The highest BCUT2D eigenvalue weighted by atomic mass is 32.2. The van der Waals surface area contributed by atoms with Gasteiger partial charge in [0.2, 0.25) is 0 Å². The van der Waals surface area contributed by atoms with Crippen LogP contribution in [0.5, 0.6) is 5.75 Å². The summed E-state index contributed by atoms with van der Waals surface area (Å²) in [6, 6.07) is 15.2. The highest BCUT2D eigenvalue weighted by molar-refractivity contribution is 7.85. The van der Waals surface area contributed by atoms with Crippen LogP contribution in [0.4, 0.5) is 0 Å². The molecule has 0 radical (unpaired) electrons. The summed E-state index contributed by atoms with van der Waals surface area (Å²) in [4.78, 5) is 39.2. The number of benzene rings is 2. The number of Topliss-reactive ketones (excluding diaryl/α,β-unsaturated/α-hetero) is 1. The van der Waals surface area contributed by atoms with Gasteiger partial charge in [0.05, 0.1) is 16.5 Å². The number of rotatable bonds is 8. The number of amides is 2. The van der Waals surface area contributed by atoms with Gasteiger partial charge >= 0.3 is 0 Å². The smallest absolute Gasteiger partial charge is 0.289 e. The van der Waals surface area contributed by atoms with Crippen molar-refractivity contribution in [1.29, 1.82) is 0 Å². The molecule has 1 fully saturated rings. The van der Waals surface area contributed by atoms with Crippen LogP contribution >= 0.6 is 0 Å². The number of ether oxygens (including phenoxy) is 1. The molecule has 34 heavy (non-hydrogen) atoms. The van der Waals surface area contributed by atoms with Crippen molar-refractivity contribution >= 4 is 39.3 Å². The van der Waals surface area contributed by atoms with Crippen molar-refractivity contribution in [3.8, 4) is 5.75 Å². The van der Waals surface area contributed by atoms with Crippen molar-refractivity contribution in [3.63, 3.8) is 0 Å². The molecule has 1 saturated heterocycles. The first-order chi connectivity index (χ1) is 16.4. The lowest BCUT2D eigenvalue weighted by molar-refractivity contribution is -0.133. The molecule has 0 atom stereocenters. The molecule has 2 amide bonds. The predicted octanol–water partition coefficient (Wildman–Crippen LogP) is 1.89.